The Labute approximate surface area is 127 Å². The van der Waals surface area contributed by atoms with E-state index in [1.54, 1.807) is 7.11 Å². The number of rotatable bonds is 6. The van der Waals surface area contributed by atoms with E-state index in [1.165, 1.54) is 5.56 Å². The third kappa shape index (κ3) is 4.11. The molecule has 1 aromatic carbocycles. The fraction of sp³-hybridized carbons (Fsp3) is 0.625. The first kappa shape index (κ1) is 15.6. The van der Waals surface area contributed by atoms with Crippen LogP contribution in [-0.4, -0.2) is 32.8 Å². The molecule has 1 aliphatic heterocycles. The van der Waals surface area contributed by atoms with Gasteiger partial charge >= 0.3 is 0 Å². The van der Waals surface area contributed by atoms with Crippen molar-refractivity contribution < 1.29 is 4.74 Å². The molecule has 0 aromatic heterocycles. The molecule has 4 heteroatoms. The van der Waals surface area contributed by atoms with E-state index in [0.717, 1.165) is 56.2 Å². The molecule has 3 nitrogen and oxygen atoms in total. The molecule has 1 aromatic rings. The van der Waals surface area contributed by atoms with Crippen LogP contribution >= 0.6 is 11.6 Å². The Kier molecular flexibility index (Phi) is 6.14. The van der Waals surface area contributed by atoms with E-state index >= 15 is 0 Å². The van der Waals surface area contributed by atoms with Gasteiger partial charge in [0, 0.05) is 26.7 Å². The SMILES string of the molecule is CCCNCc1ccc(N2CCCC(OC)C2)c(Cl)c1. The Morgan fingerprint density at radius 3 is 3.00 bits per heavy atom. The number of halogens is 1. The van der Waals surface area contributed by atoms with Crippen LogP contribution in [0.5, 0.6) is 0 Å². The number of nitrogens with zero attached hydrogens (tertiary/aromatic N) is 1. The number of methoxy groups -OCH3 is 1. The highest BCUT2D eigenvalue weighted by Crippen LogP contribution is 2.29. The molecule has 1 fully saturated rings. The molecule has 0 aliphatic carbocycles. The molecule has 0 amide bonds. The van der Waals surface area contributed by atoms with Crippen molar-refractivity contribution in [3.8, 4) is 0 Å². The molecule has 1 saturated heterocycles. The van der Waals surface area contributed by atoms with Crippen LogP contribution in [-0.2, 0) is 11.3 Å². The van der Waals surface area contributed by atoms with Gasteiger partial charge in [0.15, 0.2) is 0 Å². The van der Waals surface area contributed by atoms with Crippen LogP contribution in [0, 0.1) is 0 Å². The Balaban J connectivity index is 2.01. The zero-order chi connectivity index (χ0) is 14.4. The highest BCUT2D eigenvalue weighted by atomic mass is 35.5. The topological polar surface area (TPSA) is 24.5 Å². The van der Waals surface area contributed by atoms with Crippen LogP contribution in [0.25, 0.3) is 0 Å². The molecule has 0 radical (unpaired) electrons. The van der Waals surface area contributed by atoms with Crippen molar-refractivity contribution in [2.24, 2.45) is 0 Å². The van der Waals surface area contributed by atoms with Crippen LogP contribution in [0.3, 0.4) is 0 Å². The van der Waals surface area contributed by atoms with Crippen molar-refractivity contribution >= 4 is 17.3 Å². The zero-order valence-corrected chi connectivity index (χ0v) is 13.2. The molecule has 112 valence electrons. The maximum atomic E-state index is 6.46. The lowest BCUT2D eigenvalue weighted by Crippen LogP contribution is -2.39. The number of hydrogen-bond donors (Lipinski definition) is 1. The highest BCUT2D eigenvalue weighted by Gasteiger charge is 2.21. The molecule has 0 saturated carbocycles. The van der Waals surface area contributed by atoms with E-state index in [1.807, 2.05) is 0 Å². The maximum absolute atomic E-state index is 6.46. The van der Waals surface area contributed by atoms with Crippen molar-refractivity contribution in [1.29, 1.82) is 0 Å². The number of anilines is 1. The second-order valence-electron chi connectivity index (χ2n) is 5.41. The van der Waals surface area contributed by atoms with Crippen molar-refractivity contribution in [2.45, 2.75) is 38.8 Å². The lowest BCUT2D eigenvalue weighted by molar-refractivity contribution is 0.0893. The normalized spacial score (nSPS) is 19.4. The van der Waals surface area contributed by atoms with Gasteiger partial charge in [-0.25, -0.2) is 0 Å². The van der Waals surface area contributed by atoms with Gasteiger partial charge in [0.2, 0.25) is 0 Å². The maximum Gasteiger partial charge on any atom is 0.0746 e. The summed E-state index contributed by atoms with van der Waals surface area (Å²) < 4.78 is 5.48. The van der Waals surface area contributed by atoms with Gasteiger partial charge in [-0.05, 0) is 43.5 Å². The molecular formula is C16H25ClN2O. The van der Waals surface area contributed by atoms with Gasteiger partial charge in [-0.1, -0.05) is 24.6 Å². The molecule has 1 aliphatic rings. The third-order valence-corrected chi connectivity index (χ3v) is 4.12. The van der Waals surface area contributed by atoms with E-state index in [0.29, 0.717) is 6.10 Å². The summed E-state index contributed by atoms with van der Waals surface area (Å²) in [5.74, 6) is 0. The molecule has 0 bridgehead atoms. The predicted molar refractivity (Wildman–Crippen MR) is 85.7 cm³/mol. The fourth-order valence-electron chi connectivity index (χ4n) is 2.68. The van der Waals surface area contributed by atoms with Gasteiger partial charge in [-0.15, -0.1) is 0 Å². The van der Waals surface area contributed by atoms with Crippen LogP contribution in [0.4, 0.5) is 5.69 Å². The van der Waals surface area contributed by atoms with Crippen molar-refractivity contribution in [3.05, 3.63) is 28.8 Å². The Bertz CT molecular complexity index is 425. The van der Waals surface area contributed by atoms with Crippen molar-refractivity contribution in [2.75, 3.05) is 31.6 Å². The average molecular weight is 297 g/mol. The van der Waals surface area contributed by atoms with Gasteiger partial charge < -0.3 is 15.0 Å². The number of hydrogen-bond acceptors (Lipinski definition) is 3. The van der Waals surface area contributed by atoms with Gasteiger partial charge in [0.1, 0.15) is 0 Å². The number of benzene rings is 1. The second kappa shape index (κ2) is 7.87. The second-order valence-corrected chi connectivity index (χ2v) is 5.82. The molecule has 20 heavy (non-hydrogen) atoms. The fourth-order valence-corrected chi connectivity index (χ4v) is 3.00. The Morgan fingerprint density at radius 1 is 1.45 bits per heavy atom. The highest BCUT2D eigenvalue weighted by molar-refractivity contribution is 6.33. The van der Waals surface area contributed by atoms with E-state index in [9.17, 15) is 0 Å². The van der Waals surface area contributed by atoms with E-state index in [-0.39, 0.29) is 0 Å². The number of nitrogens with one attached hydrogen (secondary N) is 1. The smallest absolute Gasteiger partial charge is 0.0746 e. The average Bonchev–Trinajstić information content (AvgIpc) is 2.48. The van der Waals surface area contributed by atoms with Crippen LogP contribution in [0.15, 0.2) is 18.2 Å². The Morgan fingerprint density at radius 2 is 2.30 bits per heavy atom. The summed E-state index contributed by atoms with van der Waals surface area (Å²) in [6.45, 7) is 6.10. The number of piperidine rings is 1. The molecule has 1 atom stereocenters. The van der Waals surface area contributed by atoms with E-state index in [4.69, 9.17) is 16.3 Å². The minimum absolute atomic E-state index is 0.325. The first-order valence-electron chi connectivity index (χ1n) is 7.51. The van der Waals surface area contributed by atoms with Crippen LogP contribution in [0.2, 0.25) is 5.02 Å². The van der Waals surface area contributed by atoms with Gasteiger partial charge in [0.25, 0.3) is 0 Å². The zero-order valence-electron chi connectivity index (χ0n) is 12.5. The molecule has 1 heterocycles. The molecule has 1 unspecified atom stereocenters. The molecule has 1 N–H and O–H groups in total. The molecular weight excluding hydrogens is 272 g/mol. The summed E-state index contributed by atoms with van der Waals surface area (Å²) in [7, 11) is 1.79. The summed E-state index contributed by atoms with van der Waals surface area (Å²) in [6.07, 6.45) is 3.78. The minimum Gasteiger partial charge on any atom is -0.380 e. The van der Waals surface area contributed by atoms with Gasteiger partial charge in [-0.2, -0.15) is 0 Å². The third-order valence-electron chi connectivity index (χ3n) is 3.82. The van der Waals surface area contributed by atoms with Gasteiger partial charge in [-0.3, -0.25) is 0 Å². The van der Waals surface area contributed by atoms with Crippen molar-refractivity contribution in [1.82, 2.24) is 5.32 Å². The van der Waals surface area contributed by atoms with Gasteiger partial charge in [0.05, 0.1) is 16.8 Å². The largest absolute Gasteiger partial charge is 0.380 e. The summed E-state index contributed by atoms with van der Waals surface area (Å²) in [5, 5.41) is 4.25. The summed E-state index contributed by atoms with van der Waals surface area (Å²) >= 11 is 6.46. The molecule has 2 rings (SSSR count). The Hall–Kier alpha value is -0.770. The lowest BCUT2D eigenvalue weighted by atomic mass is 10.1. The minimum atomic E-state index is 0.325. The van der Waals surface area contributed by atoms with Crippen molar-refractivity contribution in [3.63, 3.8) is 0 Å². The first-order valence-corrected chi connectivity index (χ1v) is 7.89. The first-order chi connectivity index (χ1) is 9.74. The number of ether oxygens (including phenoxy) is 1. The van der Waals surface area contributed by atoms with Crippen LogP contribution < -0.4 is 10.2 Å². The quantitative estimate of drug-likeness (QED) is 0.814. The standard InChI is InChI=1S/C16H25ClN2O/c1-3-8-18-11-13-6-7-16(15(17)10-13)19-9-4-5-14(12-19)20-2/h6-7,10,14,18H,3-5,8-9,11-12H2,1-2H3. The predicted octanol–water partition coefficient (Wildman–Crippen LogP) is 3.45. The summed E-state index contributed by atoms with van der Waals surface area (Å²) in [6, 6.07) is 6.39. The van der Waals surface area contributed by atoms with E-state index < -0.39 is 0 Å². The monoisotopic (exact) mass is 296 g/mol. The summed E-state index contributed by atoms with van der Waals surface area (Å²) in [5.41, 5.74) is 2.38. The molecule has 0 spiro atoms. The van der Waals surface area contributed by atoms with E-state index in [2.05, 4.69) is 35.3 Å². The summed E-state index contributed by atoms with van der Waals surface area (Å²) in [4.78, 5) is 2.34. The van der Waals surface area contributed by atoms with Crippen LogP contribution in [0.1, 0.15) is 31.7 Å². The lowest BCUT2D eigenvalue weighted by Gasteiger charge is -2.34.